The van der Waals surface area contributed by atoms with E-state index in [2.05, 4.69) is 15.9 Å². The molecule has 0 heterocycles. The third kappa shape index (κ3) is 3.49. The van der Waals surface area contributed by atoms with Crippen LogP contribution < -0.4 is 4.74 Å². The van der Waals surface area contributed by atoms with Gasteiger partial charge in [0.1, 0.15) is 5.75 Å². The molecule has 0 spiro atoms. The number of benzene rings is 1. The van der Waals surface area contributed by atoms with E-state index in [4.69, 9.17) is 9.47 Å². The summed E-state index contributed by atoms with van der Waals surface area (Å²) in [4.78, 5) is 0. The number of halogens is 1. The molecular formula is C13H17BrO2. The van der Waals surface area contributed by atoms with Crippen LogP contribution in [0.4, 0.5) is 0 Å². The van der Waals surface area contributed by atoms with Gasteiger partial charge in [0, 0.05) is 4.47 Å². The molecule has 3 heteroatoms. The molecule has 2 rings (SSSR count). The molecule has 1 aliphatic carbocycles. The average Bonchev–Trinajstić information content (AvgIpc) is 2.70. The van der Waals surface area contributed by atoms with Gasteiger partial charge in [-0.1, -0.05) is 34.8 Å². The van der Waals surface area contributed by atoms with Crippen LogP contribution in [-0.4, -0.2) is 12.4 Å². The first-order chi connectivity index (χ1) is 7.74. The van der Waals surface area contributed by atoms with Crippen LogP contribution in [0.25, 0.3) is 0 Å². The van der Waals surface area contributed by atoms with E-state index in [0.29, 0.717) is 6.10 Å². The van der Waals surface area contributed by atoms with Crippen LogP contribution in [0.1, 0.15) is 32.6 Å². The maximum Gasteiger partial charge on any atom is 0.197 e. The van der Waals surface area contributed by atoms with Crippen LogP contribution in [0.5, 0.6) is 5.75 Å². The second-order valence-electron chi connectivity index (χ2n) is 4.19. The van der Waals surface area contributed by atoms with E-state index in [1.165, 1.54) is 25.7 Å². The van der Waals surface area contributed by atoms with Crippen molar-refractivity contribution >= 4 is 15.9 Å². The lowest BCUT2D eigenvalue weighted by molar-refractivity contribution is -0.104. The Balaban J connectivity index is 1.84. The fourth-order valence-electron chi connectivity index (χ4n) is 2.06. The lowest BCUT2D eigenvalue weighted by Crippen LogP contribution is -2.22. The summed E-state index contributed by atoms with van der Waals surface area (Å²) in [5.74, 6) is 0.847. The normalized spacial score (nSPS) is 18.6. The van der Waals surface area contributed by atoms with Crippen molar-refractivity contribution in [2.75, 3.05) is 0 Å². The Labute approximate surface area is 105 Å². The van der Waals surface area contributed by atoms with Gasteiger partial charge in [-0.15, -0.1) is 0 Å². The molecule has 1 aliphatic rings. The summed E-state index contributed by atoms with van der Waals surface area (Å²) in [5.41, 5.74) is 0. The molecule has 2 nitrogen and oxygen atoms in total. The number of hydrogen-bond donors (Lipinski definition) is 0. The minimum Gasteiger partial charge on any atom is -0.465 e. The number of ether oxygens (including phenoxy) is 2. The highest BCUT2D eigenvalue weighted by atomic mass is 79.9. The van der Waals surface area contributed by atoms with Crippen molar-refractivity contribution in [3.8, 4) is 5.75 Å². The van der Waals surface area contributed by atoms with Gasteiger partial charge in [-0.05, 0) is 38.0 Å². The van der Waals surface area contributed by atoms with E-state index in [0.717, 1.165) is 10.2 Å². The smallest absolute Gasteiger partial charge is 0.197 e. The predicted octanol–water partition coefficient (Wildman–Crippen LogP) is 4.13. The van der Waals surface area contributed by atoms with Gasteiger partial charge in [-0.25, -0.2) is 0 Å². The molecule has 0 radical (unpaired) electrons. The zero-order chi connectivity index (χ0) is 11.4. The Morgan fingerprint density at radius 2 is 2.06 bits per heavy atom. The predicted molar refractivity (Wildman–Crippen MR) is 67.6 cm³/mol. The lowest BCUT2D eigenvalue weighted by atomic mass is 10.3. The zero-order valence-corrected chi connectivity index (χ0v) is 11.1. The second kappa shape index (κ2) is 5.69. The molecular weight excluding hydrogens is 268 g/mol. The van der Waals surface area contributed by atoms with Gasteiger partial charge < -0.3 is 9.47 Å². The summed E-state index contributed by atoms with van der Waals surface area (Å²) in [6.07, 6.45) is 5.14. The van der Waals surface area contributed by atoms with E-state index >= 15 is 0 Å². The first-order valence-electron chi connectivity index (χ1n) is 5.82. The highest BCUT2D eigenvalue weighted by Gasteiger charge is 2.18. The Kier molecular flexibility index (Phi) is 4.24. The monoisotopic (exact) mass is 284 g/mol. The standard InChI is InChI=1S/C13H17BrO2/c1-10(15-12-6-2-3-7-12)16-13-8-4-5-11(14)9-13/h4-5,8-10,12H,2-3,6-7H2,1H3. The van der Waals surface area contributed by atoms with Crippen LogP contribution >= 0.6 is 15.9 Å². The minimum absolute atomic E-state index is 0.169. The third-order valence-electron chi connectivity index (χ3n) is 2.78. The molecule has 1 unspecified atom stereocenters. The van der Waals surface area contributed by atoms with Crippen molar-refractivity contribution in [1.82, 2.24) is 0 Å². The molecule has 0 amide bonds. The summed E-state index contributed by atoms with van der Waals surface area (Å²) in [7, 11) is 0. The van der Waals surface area contributed by atoms with Crippen molar-refractivity contribution in [3.63, 3.8) is 0 Å². The van der Waals surface area contributed by atoms with Gasteiger partial charge in [0.15, 0.2) is 6.29 Å². The molecule has 88 valence electrons. The largest absolute Gasteiger partial charge is 0.465 e. The summed E-state index contributed by atoms with van der Waals surface area (Å²) in [5, 5.41) is 0. The fourth-order valence-corrected chi connectivity index (χ4v) is 2.43. The topological polar surface area (TPSA) is 18.5 Å². The van der Waals surface area contributed by atoms with Crippen LogP contribution in [-0.2, 0) is 4.74 Å². The molecule has 0 bridgehead atoms. The molecule has 0 aromatic heterocycles. The highest BCUT2D eigenvalue weighted by molar-refractivity contribution is 9.10. The van der Waals surface area contributed by atoms with Crippen molar-refractivity contribution in [3.05, 3.63) is 28.7 Å². The van der Waals surface area contributed by atoms with Gasteiger partial charge in [-0.2, -0.15) is 0 Å². The first kappa shape index (κ1) is 11.9. The van der Waals surface area contributed by atoms with Gasteiger partial charge in [-0.3, -0.25) is 0 Å². The second-order valence-corrected chi connectivity index (χ2v) is 5.10. The van der Waals surface area contributed by atoms with Crippen LogP contribution in [0.2, 0.25) is 0 Å². The highest BCUT2D eigenvalue weighted by Crippen LogP contribution is 2.24. The lowest BCUT2D eigenvalue weighted by Gasteiger charge is -2.19. The molecule has 0 saturated heterocycles. The van der Waals surface area contributed by atoms with Crippen molar-refractivity contribution in [2.45, 2.75) is 45.0 Å². The SMILES string of the molecule is CC(Oc1cccc(Br)c1)OC1CCCC1. The first-order valence-corrected chi connectivity index (χ1v) is 6.61. The Hall–Kier alpha value is -0.540. The van der Waals surface area contributed by atoms with Crippen LogP contribution in [0.3, 0.4) is 0 Å². The Morgan fingerprint density at radius 3 is 2.75 bits per heavy atom. The summed E-state index contributed by atoms with van der Waals surface area (Å²) < 4.78 is 12.5. The van der Waals surface area contributed by atoms with Gasteiger partial charge in [0.05, 0.1) is 6.10 Å². The molecule has 16 heavy (non-hydrogen) atoms. The number of rotatable bonds is 4. The molecule has 0 aliphatic heterocycles. The molecule has 1 aromatic rings. The van der Waals surface area contributed by atoms with Crippen molar-refractivity contribution < 1.29 is 9.47 Å². The van der Waals surface area contributed by atoms with Gasteiger partial charge in [0.25, 0.3) is 0 Å². The summed E-state index contributed by atoms with van der Waals surface area (Å²) in [6, 6.07) is 7.84. The van der Waals surface area contributed by atoms with Gasteiger partial charge in [0.2, 0.25) is 0 Å². The fraction of sp³-hybridized carbons (Fsp3) is 0.538. The van der Waals surface area contributed by atoms with Gasteiger partial charge >= 0.3 is 0 Å². The maximum absolute atomic E-state index is 5.82. The molecule has 1 aromatic carbocycles. The molecule has 0 N–H and O–H groups in total. The van der Waals surface area contributed by atoms with E-state index < -0.39 is 0 Å². The molecule has 1 saturated carbocycles. The molecule has 1 fully saturated rings. The van der Waals surface area contributed by atoms with E-state index in [1.54, 1.807) is 0 Å². The van der Waals surface area contributed by atoms with E-state index in [9.17, 15) is 0 Å². The van der Waals surface area contributed by atoms with Crippen molar-refractivity contribution in [2.24, 2.45) is 0 Å². The third-order valence-corrected chi connectivity index (χ3v) is 3.28. The zero-order valence-electron chi connectivity index (χ0n) is 9.49. The Morgan fingerprint density at radius 1 is 1.31 bits per heavy atom. The maximum atomic E-state index is 5.82. The van der Waals surface area contributed by atoms with E-state index in [-0.39, 0.29) is 6.29 Å². The molecule has 1 atom stereocenters. The quantitative estimate of drug-likeness (QED) is 0.774. The Bertz CT molecular complexity index is 334. The minimum atomic E-state index is -0.169. The van der Waals surface area contributed by atoms with E-state index in [1.807, 2.05) is 31.2 Å². The number of hydrogen-bond acceptors (Lipinski definition) is 2. The average molecular weight is 285 g/mol. The summed E-state index contributed by atoms with van der Waals surface area (Å²) in [6.45, 7) is 1.96. The van der Waals surface area contributed by atoms with Crippen LogP contribution in [0, 0.1) is 0 Å². The summed E-state index contributed by atoms with van der Waals surface area (Å²) >= 11 is 3.42. The van der Waals surface area contributed by atoms with Crippen molar-refractivity contribution in [1.29, 1.82) is 0 Å². The van der Waals surface area contributed by atoms with Crippen LogP contribution in [0.15, 0.2) is 28.7 Å².